The molecule has 0 saturated heterocycles. The molecule has 0 saturated carbocycles. The lowest BCUT2D eigenvalue weighted by Crippen LogP contribution is -2.24. The van der Waals surface area contributed by atoms with Crippen LogP contribution in [0.15, 0.2) is 47.7 Å². The molecule has 1 N–H and O–H groups in total. The van der Waals surface area contributed by atoms with Gasteiger partial charge in [-0.15, -0.1) is 0 Å². The molecule has 0 amide bonds. The van der Waals surface area contributed by atoms with Gasteiger partial charge in [-0.3, -0.25) is 9.98 Å². The maximum atomic E-state index is 6.08. The van der Waals surface area contributed by atoms with Crippen LogP contribution in [0.3, 0.4) is 0 Å². The number of aryl methyl sites for hydroxylation is 1. The number of pyridine rings is 1. The molecular weight excluding hydrogens is 384 g/mol. The van der Waals surface area contributed by atoms with Gasteiger partial charge in [0.1, 0.15) is 18.2 Å². The van der Waals surface area contributed by atoms with Gasteiger partial charge >= 0.3 is 0 Å². The number of rotatable bonds is 6. The van der Waals surface area contributed by atoms with Crippen LogP contribution in [-0.2, 0) is 6.54 Å². The van der Waals surface area contributed by atoms with Crippen molar-refractivity contribution in [2.24, 2.45) is 16.8 Å². The van der Waals surface area contributed by atoms with E-state index in [4.69, 9.17) is 4.74 Å². The van der Waals surface area contributed by atoms with Crippen LogP contribution >= 0.6 is 0 Å². The molecular formula is C26H30N4O. The van der Waals surface area contributed by atoms with Crippen molar-refractivity contribution in [2.75, 3.05) is 19.7 Å². The molecule has 0 fully saturated rings. The van der Waals surface area contributed by atoms with E-state index in [0.717, 1.165) is 31.2 Å². The Morgan fingerprint density at radius 3 is 2.74 bits per heavy atom. The van der Waals surface area contributed by atoms with Gasteiger partial charge in [0, 0.05) is 47.2 Å². The Labute approximate surface area is 183 Å². The van der Waals surface area contributed by atoms with E-state index in [1.54, 1.807) is 0 Å². The molecule has 160 valence electrons. The molecule has 0 spiro atoms. The van der Waals surface area contributed by atoms with Crippen LogP contribution in [0, 0.1) is 18.8 Å². The minimum atomic E-state index is 0.487. The lowest BCUT2D eigenvalue weighted by Gasteiger charge is -2.19. The highest BCUT2D eigenvalue weighted by atomic mass is 16.5. The fraction of sp³-hybridized carbons (Fsp3) is 0.385. The molecule has 0 aliphatic carbocycles. The van der Waals surface area contributed by atoms with Gasteiger partial charge in [0.05, 0.1) is 12.1 Å². The third-order valence-electron chi connectivity index (χ3n) is 6.71. The first-order chi connectivity index (χ1) is 15.0. The van der Waals surface area contributed by atoms with Gasteiger partial charge in [-0.1, -0.05) is 20.8 Å². The highest BCUT2D eigenvalue weighted by molar-refractivity contribution is 6.14. The van der Waals surface area contributed by atoms with Crippen LogP contribution in [0.4, 0.5) is 0 Å². The highest BCUT2D eigenvalue weighted by Gasteiger charge is 2.19. The third kappa shape index (κ3) is 3.52. The molecule has 31 heavy (non-hydrogen) atoms. The summed E-state index contributed by atoms with van der Waals surface area (Å²) in [6.07, 6.45) is 3.85. The summed E-state index contributed by atoms with van der Waals surface area (Å²) in [6, 6.07) is 10.9. The minimum Gasteiger partial charge on any atom is -0.486 e. The predicted molar refractivity (Wildman–Crippen MR) is 129 cm³/mol. The molecule has 3 heterocycles. The zero-order valence-electron chi connectivity index (χ0n) is 18.8. The Kier molecular flexibility index (Phi) is 5.05. The molecule has 1 aliphatic rings. The van der Waals surface area contributed by atoms with Crippen molar-refractivity contribution in [1.29, 1.82) is 0 Å². The second-order valence-corrected chi connectivity index (χ2v) is 9.05. The van der Waals surface area contributed by atoms with Crippen LogP contribution in [0.2, 0.25) is 0 Å². The van der Waals surface area contributed by atoms with Crippen molar-refractivity contribution in [1.82, 2.24) is 14.9 Å². The smallest absolute Gasteiger partial charge is 0.145 e. The van der Waals surface area contributed by atoms with Gasteiger partial charge in [-0.2, -0.15) is 0 Å². The Bertz CT molecular complexity index is 1300. The predicted octanol–water partition coefficient (Wildman–Crippen LogP) is 5.32. The summed E-state index contributed by atoms with van der Waals surface area (Å²) < 4.78 is 8.59. The molecule has 5 nitrogen and oxygen atoms in total. The van der Waals surface area contributed by atoms with E-state index in [1.807, 2.05) is 12.4 Å². The Balaban J connectivity index is 1.69. The van der Waals surface area contributed by atoms with Crippen molar-refractivity contribution < 1.29 is 4.74 Å². The maximum Gasteiger partial charge on any atom is 0.145 e. The molecule has 0 bridgehead atoms. The fourth-order valence-corrected chi connectivity index (χ4v) is 4.53. The van der Waals surface area contributed by atoms with Gasteiger partial charge in [0.2, 0.25) is 0 Å². The summed E-state index contributed by atoms with van der Waals surface area (Å²) in [5, 5.41) is 8.22. The van der Waals surface area contributed by atoms with E-state index < -0.39 is 0 Å². The minimum absolute atomic E-state index is 0.487. The quantitative estimate of drug-likeness (QED) is 0.464. The first-order valence-electron chi connectivity index (χ1n) is 11.2. The molecule has 5 rings (SSSR count). The number of nitrogens with one attached hydrogen (secondary N) is 1. The van der Waals surface area contributed by atoms with E-state index in [1.165, 1.54) is 38.1 Å². The van der Waals surface area contributed by atoms with Crippen molar-refractivity contribution >= 4 is 38.4 Å². The van der Waals surface area contributed by atoms with E-state index >= 15 is 0 Å². The van der Waals surface area contributed by atoms with Gasteiger partial charge in [0.15, 0.2) is 0 Å². The van der Waals surface area contributed by atoms with Crippen LogP contribution in [0.5, 0.6) is 5.75 Å². The van der Waals surface area contributed by atoms with Gasteiger partial charge < -0.3 is 14.6 Å². The zero-order valence-corrected chi connectivity index (χ0v) is 18.8. The largest absolute Gasteiger partial charge is 0.486 e. The average Bonchev–Trinajstić information content (AvgIpc) is 3.39. The average molecular weight is 415 g/mol. The second-order valence-electron chi connectivity index (χ2n) is 9.05. The summed E-state index contributed by atoms with van der Waals surface area (Å²) in [7, 11) is 0. The fourth-order valence-electron chi connectivity index (χ4n) is 4.53. The van der Waals surface area contributed by atoms with Crippen LogP contribution in [0.25, 0.3) is 32.6 Å². The Hall–Kier alpha value is -3.08. The van der Waals surface area contributed by atoms with Crippen LogP contribution < -0.4 is 10.1 Å². The normalized spacial score (nSPS) is 15.1. The van der Waals surface area contributed by atoms with Crippen molar-refractivity contribution in [3.8, 4) is 5.75 Å². The van der Waals surface area contributed by atoms with Crippen molar-refractivity contribution in [2.45, 2.75) is 34.2 Å². The SMILES string of the molecule is Cc1c2ccncc2cc2c3cc(OCC4=NCCN4)ccc3n(CC(C)C(C)C)c12. The van der Waals surface area contributed by atoms with Gasteiger partial charge in [-0.05, 0) is 60.0 Å². The standard InChI is InChI=1S/C26H30N4O/c1-16(2)17(3)14-30-24-6-5-20(31-15-25-28-9-10-29-25)12-22(24)23-11-19-13-27-8-7-21(19)18(4)26(23)30/h5-8,11-13,16-17H,9-10,14-15H2,1-4H3,(H,28,29). The number of aromatic nitrogens is 2. The lowest BCUT2D eigenvalue weighted by molar-refractivity contribution is 0.372. The topological polar surface area (TPSA) is 51.4 Å². The molecule has 1 aliphatic heterocycles. The molecule has 5 heteroatoms. The molecule has 4 aromatic rings. The molecule has 0 radical (unpaired) electrons. The molecule has 2 aromatic heterocycles. The monoisotopic (exact) mass is 414 g/mol. The third-order valence-corrected chi connectivity index (χ3v) is 6.71. The summed E-state index contributed by atoms with van der Waals surface area (Å²) in [4.78, 5) is 8.79. The van der Waals surface area contributed by atoms with E-state index in [0.29, 0.717) is 18.4 Å². The first kappa shape index (κ1) is 19.9. The zero-order chi connectivity index (χ0) is 21.5. The lowest BCUT2D eigenvalue weighted by atomic mass is 9.98. The summed E-state index contributed by atoms with van der Waals surface area (Å²) in [6.45, 7) is 12.4. The number of amidine groups is 1. The Morgan fingerprint density at radius 2 is 1.97 bits per heavy atom. The molecule has 1 atom stereocenters. The van der Waals surface area contributed by atoms with Crippen LogP contribution in [-0.4, -0.2) is 35.1 Å². The molecule has 2 aromatic carbocycles. The molecule has 1 unspecified atom stereocenters. The van der Waals surface area contributed by atoms with Gasteiger partial charge in [-0.25, -0.2) is 0 Å². The van der Waals surface area contributed by atoms with Crippen molar-refractivity contribution in [3.05, 3.63) is 48.3 Å². The number of hydrogen-bond donors (Lipinski definition) is 1. The summed E-state index contributed by atoms with van der Waals surface area (Å²) in [5.74, 6) is 3.01. The summed E-state index contributed by atoms with van der Waals surface area (Å²) in [5.41, 5.74) is 3.90. The number of fused-ring (bicyclic) bond motifs is 4. The van der Waals surface area contributed by atoms with E-state index in [2.05, 4.69) is 77.9 Å². The van der Waals surface area contributed by atoms with Crippen molar-refractivity contribution in [3.63, 3.8) is 0 Å². The number of aliphatic imine (C=N–C) groups is 1. The second kappa shape index (κ2) is 7.88. The number of hydrogen-bond acceptors (Lipinski definition) is 4. The first-order valence-corrected chi connectivity index (χ1v) is 11.2. The number of benzene rings is 2. The number of nitrogens with zero attached hydrogens (tertiary/aromatic N) is 3. The van der Waals surface area contributed by atoms with Crippen LogP contribution in [0.1, 0.15) is 26.3 Å². The summed E-state index contributed by atoms with van der Waals surface area (Å²) >= 11 is 0. The Morgan fingerprint density at radius 1 is 1.10 bits per heavy atom. The van der Waals surface area contributed by atoms with E-state index in [9.17, 15) is 0 Å². The maximum absolute atomic E-state index is 6.08. The van der Waals surface area contributed by atoms with Gasteiger partial charge in [0.25, 0.3) is 0 Å². The number of ether oxygens (including phenoxy) is 1. The van der Waals surface area contributed by atoms with E-state index in [-0.39, 0.29) is 0 Å². The highest BCUT2D eigenvalue weighted by Crippen LogP contribution is 2.37.